The van der Waals surface area contributed by atoms with Crippen molar-refractivity contribution in [3.05, 3.63) is 35.5 Å². The van der Waals surface area contributed by atoms with Gasteiger partial charge in [0.05, 0.1) is 6.61 Å². The van der Waals surface area contributed by atoms with E-state index < -0.39 is 0 Å². The summed E-state index contributed by atoms with van der Waals surface area (Å²) in [5.41, 5.74) is 3.31. The van der Waals surface area contributed by atoms with Crippen LogP contribution < -0.4 is 0 Å². The third kappa shape index (κ3) is 5.55. The van der Waals surface area contributed by atoms with Crippen LogP contribution in [0.25, 0.3) is 0 Å². The second-order valence-corrected chi connectivity index (χ2v) is 8.54. The standard InChI is InChI=1S/C20H33O2P/c1-15(8-6-9-17(3)19-14-21-23-22-19)11-12-18-16(2)10-7-13-20(18,4)5/h6,8-9,12,15-16,19,23H,7,10-11,13-14H2,1-5H3/b8-6+,17-9+,18-12-. The Morgan fingerprint density at radius 1 is 1.43 bits per heavy atom. The van der Waals surface area contributed by atoms with E-state index in [1.807, 2.05) is 0 Å². The minimum Gasteiger partial charge on any atom is -0.333 e. The Hall–Kier alpha value is -0.430. The van der Waals surface area contributed by atoms with Crippen molar-refractivity contribution < 1.29 is 9.05 Å². The maximum Gasteiger partial charge on any atom is 0.155 e. The van der Waals surface area contributed by atoms with E-state index in [0.29, 0.717) is 17.9 Å². The van der Waals surface area contributed by atoms with Gasteiger partial charge in [-0.1, -0.05) is 64.0 Å². The summed E-state index contributed by atoms with van der Waals surface area (Å²) in [6.07, 6.45) is 14.5. The molecular formula is C20H33O2P. The van der Waals surface area contributed by atoms with Crippen LogP contribution in [0.1, 0.15) is 60.3 Å². The van der Waals surface area contributed by atoms with Gasteiger partial charge in [0.2, 0.25) is 0 Å². The molecule has 4 unspecified atom stereocenters. The van der Waals surface area contributed by atoms with Gasteiger partial charge < -0.3 is 9.05 Å². The molecule has 0 N–H and O–H groups in total. The van der Waals surface area contributed by atoms with Crippen LogP contribution >= 0.6 is 9.03 Å². The molecule has 1 aliphatic heterocycles. The number of hydrogen-bond donors (Lipinski definition) is 0. The molecule has 23 heavy (non-hydrogen) atoms. The van der Waals surface area contributed by atoms with Crippen molar-refractivity contribution >= 4 is 9.03 Å². The van der Waals surface area contributed by atoms with Crippen LogP contribution in [0.15, 0.2) is 35.5 Å². The maximum atomic E-state index is 5.53. The summed E-state index contributed by atoms with van der Waals surface area (Å²) < 4.78 is 10.8. The zero-order chi connectivity index (χ0) is 16.9. The summed E-state index contributed by atoms with van der Waals surface area (Å²) in [7, 11) is 0.204. The van der Waals surface area contributed by atoms with E-state index in [-0.39, 0.29) is 15.1 Å². The van der Waals surface area contributed by atoms with Crippen LogP contribution in [0.3, 0.4) is 0 Å². The normalized spacial score (nSPS) is 32.9. The Bertz CT molecular complexity index is 470. The molecule has 2 nitrogen and oxygen atoms in total. The van der Waals surface area contributed by atoms with Gasteiger partial charge in [-0.05, 0) is 49.0 Å². The molecular weight excluding hydrogens is 303 g/mol. The Morgan fingerprint density at radius 3 is 2.87 bits per heavy atom. The number of hydrogen-bond acceptors (Lipinski definition) is 2. The fourth-order valence-electron chi connectivity index (χ4n) is 3.65. The van der Waals surface area contributed by atoms with Crippen molar-refractivity contribution in [1.29, 1.82) is 0 Å². The summed E-state index contributed by atoms with van der Waals surface area (Å²) in [6.45, 7) is 12.3. The third-order valence-electron chi connectivity index (χ3n) is 5.25. The van der Waals surface area contributed by atoms with Crippen molar-refractivity contribution in [2.75, 3.05) is 6.61 Å². The predicted molar refractivity (Wildman–Crippen MR) is 101 cm³/mol. The van der Waals surface area contributed by atoms with Gasteiger partial charge >= 0.3 is 0 Å². The molecule has 3 heteroatoms. The SMILES string of the molecule is C/C(=C\C=C\C(C)C/C=C1/C(C)CCCC1(C)C)C1COPO1. The van der Waals surface area contributed by atoms with Gasteiger partial charge in [0.25, 0.3) is 0 Å². The molecule has 2 fully saturated rings. The van der Waals surface area contributed by atoms with Crippen LogP contribution in [0.2, 0.25) is 0 Å². The molecule has 0 spiro atoms. The summed E-state index contributed by atoms with van der Waals surface area (Å²) in [5, 5.41) is 0. The van der Waals surface area contributed by atoms with E-state index in [1.165, 1.54) is 24.8 Å². The van der Waals surface area contributed by atoms with Gasteiger partial charge in [-0.2, -0.15) is 0 Å². The Morgan fingerprint density at radius 2 is 2.22 bits per heavy atom. The topological polar surface area (TPSA) is 18.5 Å². The highest BCUT2D eigenvalue weighted by Crippen LogP contribution is 2.43. The Labute approximate surface area is 144 Å². The van der Waals surface area contributed by atoms with E-state index in [2.05, 4.69) is 58.9 Å². The molecule has 0 amide bonds. The molecule has 1 aliphatic carbocycles. The smallest absolute Gasteiger partial charge is 0.155 e. The lowest BCUT2D eigenvalue weighted by Gasteiger charge is -2.37. The van der Waals surface area contributed by atoms with Gasteiger partial charge in [-0.3, -0.25) is 0 Å². The molecule has 2 rings (SSSR count). The van der Waals surface area contributed by atoms with Crippen LogP contribution in [0.5, 0.6) is 0 Å². The summed E-state index contributed by atoms with van der Waals surface area (Å²) in [5.74, 6) is 1.32. The van der Waals surface area contributed by atoms with Gasteiger partial charge in [-0.25, -0.2) is 0 Å². The van der Waals surface area contributed by atoms with Crippen LogP contribution in [-0.4, -0.2) is 12.7 Å². The maximum absolute atomic E-state index is 5.53. The number of rotatable bonds is 5. The number of allylic oxidation sites excluding steroid dienone is 5. The lowest BCUT2D eigenvalue weighted by atomic mass is 9.68. The fraction of sp³-hybridized carbons (Fsp3) is 0.700. The zero-order valence-corrected chi connectivity index (χ0v) is 16.4. The fourth-order valence-corrected chi connectivity index (χ4v) is 4.31. The summed E-state index contributed by atoms with van der Waals surface area (Å²) in [4.78, 5) is 0. The lowest BCUT2D eigenvalue weighted by Crippen LogP contribution is -2.25. The van der Waals surface area contributed by atoms with Crippen LogP contribution in [0, 0.1) is 17.3 Å². The first-order chi connectivity index (χ1) is 10.9. The largest absolute Gasteiger partial charge is 0.333 e. The molecule has 0 aromatic carbocycles. The van der Waals surface area contributed by atoms with E-state index >= 15 is 0 Å². The molecule has 4 atom stereocenters. The minimum atomic E-state index is 0.152. The monoisotopic (exact) mass is 336 g/mol. The van der Waals surface area contributed by atoms with Crippen LogP contribution in [-0.2, 0) is 9.05 Å². The molecule has 1 heterocycles. The average Bonchev–Trinajstić information content (AvgIpc) is 3.00. The van der Waals surface area contributed by atoms with Crippen molar-refractivity contribution in [2.45, 2.75) is 66.4 Å². The highest BCUT2D eigenvalue weighted by molar-refractivity contribution is 7.26. The molecule has 0 aromatic heterocycles. The molecule has 0 aromatic rings. The van der Waals surface area contributed by atoms with Crippen molar-refractivity contribution in [2.24, 2.45) is 17.3 Å². The first kappa shape index (κ1) is 18.9. The second-order valence-electron chi connectivity index (χ2n) is 7.85. The summed E-state index contributed by atoms with van der Waals surface area (Å²) in [6, 6.07) is 0. The highest BCUT2D eigenvalue weighted by Gasteiger charge is 2.30. The Kier molecular flexibility index (Phi) is 7.07. The van der Waals surface area contributed by atoms with Crippen molar-refractivity contribution in [3.8, 4) is 0 Å². The van der Waals surface area contributed by atoms with E-state index in [4.69, 9.17) is 9.05 Å². The van der Waals surface area contributed by atoms with Gasteiger partial charge in [-0.15, -0.1) is 0 Å². The lowest BCUT2D eigenvalue weighted by molar-refractivity contribution is 0.279. The van der Waals surface area contributed by atoms with E-state index in [1.54, 1.807) is 5.57 Å². The zero-order valence-electron chi connectivity index (χ0n) is 15.4. The van der Waals surface area contributed by atoms with Gasteiger partial charge in [0.1, 0.15) is 6.10 Å². The van der Waals surface area contributed by atoms with Gasteiger partial charge in [0, 0.05) is 0 Å². The second kappa shape index (κ2) is 8.60. The molecule has 1 saturated heterocycles. The van der Waals surface area contributed by atoms with Crippen molar-refractivity contribution in [1.82, 2.24) is 0 Å². The summed E-state index contributed by atoms with van der Waals surface area (Å²) >= 11 is 0. The molecule has 0 radical (unpaired) electrons. The highest BCUT2D eigenvalue weighted by atomic mass is 31.1. The molecule has 130 valence electrons. The van der Waals surface area contributed by atoms with E-state index in [9.17, 15) is 0 Å². The van der Waals surface area contributed by atoms with E-state index in [0.717, 1.165) is 12.3 Å². The van der Waals surface area contributed by atoms with Gasteiger partial charge in [0.15, 0.2) is 9.03 Å². The Balaban J connectivity index is 1.88. The predicted octanol–water partition coefficient (Wildman–Crippen LogP) is 6.21. The molecule has 1 saturated carbocycles. The van der Waals surface area contributed by atoms with Crippen LogP contribution in [0.4, 0.5) is 0 Å². The quantitative estimate of drug-likeness (QED) is 0.337. The molecule has 2 aliphatic rings. The minimum absolute atomic E-state index is 0.152. The first-order valence-electron chi connectivity index (χ1n) is 8.98. The molecule has 0 bridgehead atoms. The first-order valence-corrected chi connectivity index (χ1v) is 9.80. The average molecular weight is 336 g/mol. The third-order valence-corrected chi connectivity index (χ3v) is 5.92. The van der Waals surface area contributed by atoms with Crippen molar-refractivity contribution in [3.63, 3.8) is 0 Å².